The Balaban J connectivity index is 2.28. The van der Waals surface area contributed by atoms with Crippen LogP contribution in [0.25, 0.3) is 0 Å². The van der Waals surface area contributed by atoms with Crippen molar-refractivity contribution in [3.8, 4) is 0 Å². The molecule has 1 amide bonds. The van der Waals surface area contributed by atoms with E-state index < -0.39 is 0 Å². The molecule has 2 aromatic heterocycles. The smallest absolute Gasteiger partial charge is 0.277 e. The van der Waals surface area contributed by atoms with Gasteiger partial charge in [-0.1, -0.05) is 13.8 Å². The van der Waals surface area contributed by atoms with Gasteiger partial charge in [0.15, 0.2) is 11.5 Å². The molecule has 21 heavy (non-hydrogen) atoms. The molecule has 0 unspecified atom stereocenters. The molecule has 0 aliphatic heterocycles. The second-order valence-corrected chi connectivity index (χ2v) is 5.39. The molecular weight excluding hydrogens is 336 g/mol. The van der Waals surface area contributed by atoms with Crippen LogP contribution in [-0.4, -0.2) is 32.9 Å². The van der Waals surface area contributed by atoms with Crippen molar-refractivity contribution in [1.82, 2.24) is 19.9 Å². The first-order chi connectivity index (χ1) is 10.0. The van der Waals surface area contributed by atoms with E-state index in [4.69, 9.17) is 0 Å². The minimum atomic E-state index is -0.361. The van der Waals surface area contributed by atoms with Crippen molar-refractivity contribution >= 4 is 33.3 Å². The van der Waals surface area contributed by atoms with Gasteiger partial charge >= 0.3 is 0 Å². The van der Waals surface area contributed by atoms with E-state index in [0.29, 0.717) is 21.9 Å². The number of nitrogens with one attached hydrogen (secondary N) is 2. The third-order valence-corrected chi connectivity index (χ3v) is 3.08. The van der Waals surface area contributed by atoms with Crippen LogP contribution < -0.4 is 10.6 Å². The summed E-state index contributed by atoms with van der Waals surface area (Å²) < 4.78 is 0.598. The molecule has 0 aromatic carbocycles. The van der Waals surface area contributed by atoms with Gasteiger partial charge in [-0.05, 0) is 15.9 Å². The zero-order chi connectivity index (χ0) is 15.4. The Kier molecular flexibility index (Phi) is 4.79. The number of rotatable bonds is 4. The van der Waals surface area contributed by atoms with Gasteiger partial charge in [0.2, 0.25) is 0 Å². The van der Waals surface area contributed by atoms with Gasteiger partial charge in [0.25, 0.3) is 5.91 Å². The molecule has 2 aromatic rings. The molecule has 7 nitrogen and oxygen atoms in total. The molecule has 2 N–H and O–H groups in total. The van der Waals surface area contributed by atoms with Crippen molar-refractivity contribution in [3.63, 3.8) is 0 Å². The lowest BCUT2D eigenvalue weighted by atomic mass is 10.2. The predicted molar refractivity (Wildman–Crippen MR) is 83.4 cm³/mol. The Bertz CT molecular complexity index is 644. The van der Waals surface area contributed by atoms with E-state index in [0.717, 1.165) is 0 Å². The SMILES string of the molecule is CNc1cnc(C(C)C)nc1C(=O)Nc1cnc(Br)cn1. The van der Waals surface area contributed by atoms with Gasteiger partial charge in [-0.15, -0.1) is 0 Å². The number of carbonyl (C=O) groups excluding carboxylic acids is 1. The minimum absolute atomic E-state index is 0.134. The van der Waals surface area contributed by atoms with Gasteiger partial charge < -0.3 is 10.6 Å². The fourth-order valence-electron chi connectivity index (χ4n) is 1.58. The molecule has 0 atom stereocenters. The lowest BCUT2D eigenvalue weighted by Crippen LogP contribution is -2.18. The van der Waals surface area contributed by atoms with Crippen LogP contribution in [0.4, 0.5) is 11.5 Å². The summed E-state index contributed by atoms with van der Waals surface area (Å²) in [4.78, 5) is 28.9. The summed E-state index contributed by atoms with van der Waals surface area (Å²) in [6.07, 6.45) is 4.57. The van der Waals surface area contributed by atoms with Crippen molar-refractivity contribution < 1.29 is 4.79 Å². The molecule has 0 saturated carbocycles. The number of carbonyl (C=O) groups is 1. The summed E-state index contributed by atoms with van der Waals surface area (Å²) in [5.74, 6) is 0.742. The summed E-state index contributed by atoms with van der Waals surface area (Å²) in [7, 11) is 1.71. The molecule has 0 aliphatic carbocycles. The third kappa shape index (κ3) is 3.72. The fraction of sp³-hybridized carbons (Fsp3) is 0.308. The molecule has 0 aliphatic rings. The van der Waals surface area contributed by atoms with Crippen LogP contribution >= 0.6 is 15.9 Å². The van der Waals surface area contributed by atoms with Crippen LogP contribution in [0.2, 0.25) is 0 Å². The third-order valence-electron chi connectivity index (χ3n) is 2.67. The molecule has 0 spiro atoms. The minimum Gasteiger partial charge on any atom is -0.385 e. The van der Waals surface area contributed by atoms with Gasteiger partial charge in [0.05, 0.1) is 24.3 Å². The van der Waals surface area contributed by atoms with Crippen LogP contribution in [0.5, 0.6) is 0 Å². The standard InChI is InChI=1S/C13H15BrN6O/c1-7(2)12-18-4-8(15-3)11(20-12)13(21)19-10-6-16-9(14)5-17-10/h4-7,15H,1-3H3,(H,17,19,21). The normalized spacial score (nSPS) is 10.5. The highest BCUT2D eigenvalue weighted by Crippen LogP contribution is 2.17. The molecular formula is C13H15BrN6O. The Morgan fingerprint density at radius 2 is 1.95 bits per heavy atom. The molecule has 2 rings (SSSR count). The van der Waals surface area contributed by atoms with E-state index in [1.54, 1.807) is 13.2 Å². The van der Waals surface area contributed by atoms with E-state index in [-0.39, 0.29) is 17.5 Å². The number of hydrogen-bond donors (Lipinski definition) is 2. The Morgan fingerprint density at radius 3 is 2.52 bits per heavy atom. The summed E-state index contributed by atoms with van der Waals surface area (Å²) >= 11 is 3.19. The molecule has 2 heterocycles. The Hall–Kier alpha value is -2.09. The maximum atomic E-state index is 12.3. The van der Waals surface area contributed by atoms with Crippen LogP contribution in [0.1, 0.15) is 36.1 Å². The maximum absolute atomic E-state index is 12.3. The molecule has 8 heteroatoms. The van der Waals surface area contributed by atoms with E-state index in [1.807, 2.05) is 13.8 Å². The average Bonchev–Trinajstić information content (AvgIpc) is 2.48. The number of amides is 1. The van der Waals surface area contributed by atoms with Crippen molar-refractivity contribution in [2.75, 3.05) is 17.7 Å². The van der Waals surface area contributed by atoms with Crippen molar-refractivity contribution in [3.05, 3.63) is 34.7 Å². The van der Waals surface area contributed by atoms with Gasteiger partial charge in [-0.2, -0.15) is 0 Å². The zero-order valence-corrected chi connectivity index (χ0v) is 13.5. The lowest BCUT2D eigenvalue weighted by molar-refractivity contribution is 0.102. The van der Waals surface area contributed by atoms with Gasteiger partial charge in [0, 0.05) is 13.0 Å². The van der Waals surface area contributed by atoms with Crippen LogP contribution in [-0.2, 0) is 0 Å². The fourth-order valence-corrected chi connectivity index (χ4v) is 1.79. The highest BCUT2D eigenvalue weighted by molar-refractivity contribution is 9.10. The summed E-state index contributed by atoms with van der Waals surface area (Å²) in [5.41, 5.74) is 0.836. The van der Waals surface area contributed by atoms with Crippen molar-refractivity contribution in [1.29, 1.82) is 0 Å². The second kappa shape index (κ2) is 6.57. The Morgan fingerprint density at radius 1 is 1.19 bits per heavy atom. The van der Waals surface area contributed by atoms with E-state index in [1.165, 1.54) is 12.4 Å². The van der Waals surface area contributed by atoms with Crippen LogP contribution in [0.3, 0.4) is 0 Å². The van der Waals surface area contributed by atoms with Crippen molar-refractivity contribution in [2.24, 2.45) is 0 Å². The highest BCUT2D eigenvalue weighted by atomic mass is 79.9. The monoisotopic (exact) mass is 350 g/mol. The largest absolute Gasteiger partial charge is 0.385 e. The highest BCUT2D eigenvalue weighted by Gasteiger charge is 2.16. The first-order valence-corrected chi connectivity index (χ1v) is 7.14. The quantitative estimate of drug-likeness (QED) is 0.879. The topological polar surface area (TPSA) is 92.7 Å². The Labute approximate surface area is 130 Å². The number of halogens is 1. The number of aromatic nitrogens is 4. The zero-order valence-electron chi connectivity index (χ0n) is 11.9. The predicted octanol–water partition coefficient (Wildman–Crippen LogP) is 2.45. The first-order valence-electron chi connectivity index (χ1n) is 6.35. The van der Waals surface area contributed by atoms with Crippen LogP contribution in [0, 0.1) is 0 Å². The van der Waals surface area contributed by atoms with Gasteiger partial charge in [-0.3, -0.25) is 4.79 Å². The number of nitrogens with zero attached hydrogens (tertiary/aromatic N) is 4. The average molecular weight is 351 g/mol. The molecule has 0 fully saturated rings. The van der Waals surface area contributed by atoms with E-state index >= 15 is 0 Å². The number of anilines is 2. The summed E-state index contributed by atoms with van der Waals surface area (Å²) in [6.45, 7) is 3.94. The second-order valence-electron chi connectivity index (χ2n) is 4.57. The molecule has 110 valence electrons. The van der Waals surface area contributed by atoms with Gasteiger partial charge in [0.1, 0.15) is 10.4 Å². The molecule has 0 radical (unpaired) electrons. The summed E-state index contributed by atoms with van der Waals surface area (Å²) in [5, 5.41) is 5.57. The first kappa shape index (κ1) is 15.3. The van der Waals surface area contributed by atoms with Gasteiger partial charge in [-0.25, -0.2) is 19.9 Å². The van der Waals surface area contributed by atoms with E-state index in [2.05, 4.69) is 46.5 Å². The maximum Gasteiger partial charge on any atom is 0.277 e. The van der Waals surface area contributed by atoms with Crippen molar-refractivity contribution in [2.45, 2.75) is 19.8 Å². The van der Waals surface area contributed by atoms with E-state index in [9.17, 15) is 4.79 Å². The van der Waals surface area contributed by atoms with Crippen LogP contribution in [0.15, 0.2) is 23.2 Å². The molecule has 0 bridgehead atoms. The lowest BCUT2D eigenvalue weighted by Gasteiger charge is -2.11. The molecule has 0 saturated heterocycles. The summed E-state index contributed by atoms with van der Waals surface area (Å²) in [6, 6.07) is 0. The number of hydrogen-bond acceptors (Lipinski definition) is 6.